The van der Waals surface area contributed by atoms with E-state index < -0.39 is 0 Å². The molecule has 1 amide bonds. The van der Waals surface area contributed by atoms with Gasteiger partial charge in [0, 0.05) is 9.32 Å². The Morgan fingerprint density at radius 2 is 1.74 bits per heavy atom. The van der Waals surface area contributed by atoms with Crippen molar-refractivity contribution in [1.82, 2.24) is 0 Å². The fourth-order valence-corrected chi connectivity index (χ4v) is 2.89. The molecule has 0 aliphatic heterocycles. The molecular weight excluding hydrogens is 369 g/mol. The molecule has 1 N–H and O–H groups in total. The lowest BCUT2D eigenvalue weighted by Gasteiger charge is -2.07. The molecule has 98 valence electrons. The Balaban J connectivity index is 1.78. The maximum Gasteiger partial charge on any atom is 0.234 e. The highest BCUT2D eigenvalue weighted by Crippen LogP contribution is 2.18. The second-order valence-corrected chi connectivity index (χ2v) is 6.15. The number of carbonyl (C=O) groups is 1. The van der Waals surface area contributed by atoms with E-state index in [0.29, 0.717) is 5.75 Å². The first-order chi connectivity index (χ1) is 9.25. The van der Waals surface area contributed by atoms with Crippen molar-refractivity contribution in [3.63, 3.8) is 0 Å². The minimum absolute atomic E-state index is 0.0463. The van der Waals surface area contributed by atoms with E-state index >= 15 is 0 Å². The third-order valence-corrected chi connectivity index (χ3v) is 4.44. The number of carbonyl (C=O) groups excluding carboxylic acids is 1. The molecule has 0 unspecified atom stereocenters. The number of thioether (sulfide) groups is 1. The Bertz CT molecular complexity index is 545. The van der Waals surface area contributed by atoms with Crippen molar-refractivity contribution in [3.05, 3.63) is 63.7 Å². The molecule has 0 heterocycles. The highest BCUT2D eigenvalue weighted by atomic mass is 127. The third-order valence-electron chi connectivity index (χ3n) is 2.49. The number of hydrogen-bond donors (Lipinski definition) is 1. The number of amides is 1. The van der Waals surface area contributed by atoms with E-state index in [9.17, 15) is 4.79 Å². The molecule has 0 aromatic heterocycles. The van der Waals surface area contributed by atoms with Gasteiger partial charge in [0.05, 0.1) is 11.4 Å². The minimum atomic E-state index is 0.0463. The number of hydrogen-bond acceptors (Lipinski definition) is 2. The molecule has 2 nitrogen and oxygen atoms in total. The molecule has 0 fully saturated rings. The predicted molar refractivity (Wildman–Crippen MR) is 90.4 cm³/mol. The molecule has 0 atom stereocenters. The van der Waals surface area contributed by atoms with Crippen molar-refractivity contribution < 1.29 is 4.79 Å². The van der Waals surface area contributed by atoms with Gasteiger partial charge in [-0.3, -0.25) is 4.79 Å². The van der Waals surface area contributed by atoms with Gasteiger partial charge in [-0.25, -0.2) is 0 Å². The van der Waals surface area contributed by atoms with Crippen LogP contribution in [-0.2, 0) is 10.5 Å². The molecule has 2 aromatic rings. The Kier molecular flexibility index (Phi) is 5.72. The fourth-order valence-electron chi connectivity index (χ4n) is 1.58. The SMILES string of the molecule is O=C(CSCc1ccccc1)Nc1ccccc1I. The largest absolute Gasteiger partial charge is 0.324 e. The van der Waals surface area contributed by atoms with Crippen LogP contribution in [0.3, 0.4) is 0 Å². The summed E-state index contributed by atoms with van der Waals surface area (Å²) in [6, 6.07) is 18.0. The Hall–Kier alpha value is -1.01. The molecule has 0 radical (unpaired) electrons. The van der Waals surface area contributed by atoms with Crippen molar-refractivity contribution in [2.45, 2.75) is 5.75 Å². The third kappa shape index (κ3) is 4.87. The van der Waals surface area contributed by atoms with Crippen LogP contribution in [-0.4, -0.2) is 11.7 Å². The number of rotatable bonds is 5. The molecule has 19 heavy (non-hydrogen) atoms. The molecule has 0 saturated heterocycles. The van der Waals surface area contributed by atoms with Gasteiger partial charge in [0.1, 0.15) is 0 Å². The predicted octanol–water partition coefficient (Wildman–Crippen LogP) is 4.16. The van der Waals surface area contributed by atoms with Crippen LogP contribution < -0.4 is 5.32 Å². The summed E-state index contributed by atoms with van der Waals surface area (Å²) in [5, 5.41) is 2.93. The number of benzene rings is 2. The summed E-state index contributed by atoms with van der Waals surface area (Å²) in [5.74, 6) is 1.38. The van der Waals surface area contributed by atoms with Crippen molar-refractivity contribution in [1.29, 1.82) is 0 Å². The highest BCUT2D eigenvalue weighted by molar-refractivity contribution is 14.1. The average molecular weight is 383 g/mol. The summed E-state index contributed by atoms with van der Waals surface area (Å²) in [4.78, 5) is 11.8. The first-order valence-corrected chi connectivity index (χ1v) is 8.15. The van der Waals surface area contributed by atoms with Gasteiger partial charge in [-0.2, -0.15) is 0 Å². The summed E-state index contributed by atoms with van der Waals surface area (Å²) in [6.45, 7) is 0. The fraction of sp³-hybridized carbons (Fsp3) is 0.133. The van der Waals surface area contributed by atoms with E-state index in [-0.39, 0.29) is 5.91 Å². The quantitative estimate of drug-likeness (QED) is 0.786. The maximum absolute atomic E-state index is 11.8. The van der Waals surface area contributed by atoms with Gasteiger partial charge in [-0.05, 0) is 40.3 Å². The standard InChI is InChI=1S/C15H14INOS/c16-13-8-4-5-9-14(13)17-15(18)11-19-10-12-6-2-1-3-7-12/h1-9H,10-11H2,(H,17,18). The van der Waals surface area contributed by atoms with Gasteiger partial charge in [0.2, 0.25) is 5.91 Å². The lowest BCUT2D eigenvalue weighted by Crippen LogP contribution is -2.14. The van der Waals surface area contributed by atoms with E-state index in [1.165, 1.54) is 5.56 Å². The smallest absolute Gasteiger partial charge is 0.234 e. The normalized spacial score (nSPS) is 10.2. The van der Waals surface area contributed by atoms with Crippen molar-refractivity contribution in [2.24, 2.45) is 0 Å². The summed E-state index contributed by atoms with van der Waals surface area (Å²) in [7, 11) is 0. The first kappa shape index (κ1) is 14.4. The molecule has 0 spiro atoms. The maximum atomic E-state index is 11.8. The zero-order chi connectivity index (χ0) is 13.5. The molecule has 2 rings (SSSR count). The summed E-state index contributed by atoms with van der Waals surface area (Å²) >= 11 is 3.84. The molecule has 0 aliphatic carbocycles. The van der Waals surface area contributed by atoms with Crippen molar-refractivity contribution >= 4 is 45.9 Å². The molecule has 0 saturated carbocycles. The van der Waals surface area contributed by atoms with E-state index in [1.54, 1.807) is 11.8 Å². The monoisotopic (exact) mass is 383 g/mol. The second kappa shape index (κ2) is 7.55. The number of anilines is 1. The zero-order valence-corrected chi connectivity index (χ0v) is 13.3. The molecule has 0 aliphatic rings. The van der Waals surface area contributed by atoms with Crippen LogP contribution in [0.2, 0.25) is 0 Å². The molecule has 4 heteroatoms. The lowest BCUT2D eigenvalue weighted by atomic mass is 10.2. The molecule has 0 bridgehead atoms. The molecular formula is C15H14INOS. The van der Waals surface area contributed by atoms with Crippen LogP contribution in [0.15, 0.2) is 54.6 Å². The van der Waals surface area contributed by atoms with E-state index in [2.05, 4.69) is 40.0 Å². The topological polar surface area (TPSA) is 29.1 Å². The summed E-state index contributed by atoms with van der Waals surface area (Å²) < 4.78 is 1.06. The Morgan fingerprint density at radius 1 is 1.05 bits per heavy atom. The van der Waals surface area contributed by atoms with Gasteiger partial charge in [0.25, 0.3) is 0 Å². The number of halogens is 1. The molecule has 2 aromatic carbocycles. The van der Waals surface area contributed by atoms with Gasteiger partial charge in [-0.15, -0.1) is 11.8 Å². The average Bonchev–Trinajstić information content (AvgIpc) is 2.43. The second-order valence-electron chi connectivity index (χ2n) is 4.01. The van der Waals surface area contributed by atoms with Crippen LogP contribution in [0, 0.1) is 3.57 Å². The van der Waals surface area contributed by atoms with Crippen LogP contribution >= 0.6 is 34.4 Å². The van der Waals surface area contributed by atoms with Crippen molar-refractivity contribution in [2.75, 3.05) is 11.1 Å². The van der Waals surface area contributed by atoms with Crippen molar-refractivity contribution in [3.8, 4) is 0 Å². The van der Waals surface area contributed by atoms with Crippen LogP contribution in [0.4, 0.5) is 5.69 Å². The minimum Gasteiger partial charge on any atom is -0.324 e. The van der Waals surface area contributed by atoms with Crippen LogP contribution in [0.5, 0.6) is 0 Å². The number of nitrogens with one attached hydrogen (secondary N) is 1. The van der Waals surface area contributed by atoms with Gasteiger partial charge in [0.15, 0.2) is 0 Å². The van der Waals surface area contributed by atoms with Crippen LogP contribution in [0.1, 0.15) is 5.56 Å². The Morgan fingerprint density at radius 3 is 2.47 bits per heavy atom. The van der Waals surface area contributed by atoms with Gasteiger partial charge in [-0.1, -0.05) is 42.5 Å². The van der Waals surface area contributed by atoms with Gasteiger partial charge < -0.3 is 5.32 Å². The zero-order valence-electron chi connectivity index (χ0n) is 10.3. The highest BCUT2D eigenvalue weighted by Gasteiger charge is 2.05. The van der Waals surface area contributed by atoms with E-state index in [1.807, 2.05) is 42.5 Å². The van der Waals surface area contributed by atoms with Gasteiger partial charge >= 0.3 is 0 Å². The lowest BCUT2D eigenvalue weighted by molar-refractivity contribution is -0.113. The van der Waals surface area contributed by atoms with E-state index in [4.69, 9.17) is 0 Å². The Labute approximate surface area is 131 Å². The number of para-hydroxylation sites is 1. The first-order valence-electron chi connectivity index (χ1n) is 5.92. The van der Waals surface area contributed by atoms with Crippen LogP contribution in [0.25, 0.3) is 0 Å². The summed E-state index contributed by atoms with van der Waals surface area (Å²) in [5.41, 5.74) is 2.13. The van der Waals surface area contributed by atoms with E-state index in [0.717, 1.165) is 15.0 Å². The summed E-state index contributed by atoms with van der Waals surface area (Å²) in [6.07, 6.45) is 0.